The Kier molecular flexibility index (Phi) is 6.52. The first kappa shape index (κ1) is 19.7. The molecule has 0 aliphatic heterocycles. The highest BCUT2D eigenvalue weighted by Gasteiger charge is 2.26. The first-order valence-corrected chi connectivity index (χ1v) is 7.58. The van der Waals surface area contributed by atoms with Crippen LogP contribution in [0.2, 0.25) is 0 Å². The Bertz CT molecular complexity index is 643. The van der Waals surface area contributed by atoms with Gasteiger partial charge in [0.15, 0.2) is 6.04 Å². The van der Waals surface area contributed by atoms with Gasteiger partial charge in [-0.05, 0) is 42.8 Å². The molecule has 1 amide bonds. The minimum Gasteiger partial charge on any atom is -0.483 e. The lowest BCUT2D eigenvalue weighted by Crippen LogP contribution is -2.46. The summed E-state index contributed by atoms with van der Waals surface area (Å²) in [6.07, 6.45) is -0.930. The summed E-state index contributed by atoms with van der Waals surface area (Å²) in [7, 11) is 0. The second kappa shape index (κ2) is 7.95. The number of rotatable bonds is 6. The summed E-state index contributed by atoms with van der Waals surface area (Å²) in [6, 6.07) is 2.74. The van der Waals surface area contributed by atoms with Crippen LogP contribution in [0.1, 0.15) is 20.8 Å². The zero-order valence-corrected chi connectivity index (χ0v) is 14.8. The topological polar surface area (TPSA) is 128 Å². The summed E-state index contributed by atoms with van der Waals surface area (Å²) in [5.41, 5.74) is -1.12. The number of nitro benzene ring substituents is 1. The molecule has 1 aromatic rings. The zero-order valence-electron chi connectivity index (χ0n) is 13.2. The first-order chi connectivity index (χ1) is 11.0. The van der Waals surface area contributed by atoms with Crippen LogP contribution in [0.5, 0.6) is 5.75 Å². The van der Waals surface area contributed by atoms with Crippen molar-refractivity contribution in [2.24, 2.45) is 0 Å². The smallest absolute Gasteiger partial charge is 0.408 e. The molecule has 0 heterocycles. The highest BCUT2D eigenvalue weighted by Crippen LogP contribution is 2.34. The Morgan fingerprint density at radius 3 is 2.54 bits per heavy atom. The third-order valence-electron chi connectivity index (χ3n) is 2.53. The monoisotopic (exact) mass is 404 g/mol. The van der Waals surface area contributed by atoms with E-state index >= 15 is 0 Å². The molecule has 0 spiro atoms. The standard InChI is InChI=1S/C14H17BrN2O7/c1-14(2,3)24-13(20)16-9(12(18)19)7-23-11-8(15)5-4-6-10(11)17(21)22/h4-6,9H,7H2,1-3H3,(H,16,20)(H,18,19)/t9-/m0/s1. The molecule has 24 heavy (non-hydrogen) atoms. The van der Waals surface area contributed by atoms with E-state index in [2.05, 4.69) is 21.2 Å². The number of carboxylic acid groups (broad SMARTS) is 1. The number of carbonyl (C=O) groups is 2. The maximum absolute atomic E-state index is 11.7. The minimum absolute atomic E-state index is 0.125. The molecule has 0 aromatic heterocycles. The van der Waals surface area contributed by atoms with Gasteiger partial charge in [-0.3, -0.25) is 10.1 Å². The van der Waals surface area contributed by atoms with Crippen molar-refractivity contribution in [3.05, 3.63) is 32.8 Å². The number of alkyl carbamates (subject to hydrolysis) is 1. The zero-order chi connectivity index (χ0) is 18.5. The summed E-state index contributed by atoms with van der Waals surface area (Å²) in [6.45, 7) is 4.37. The fourth-order valence-electron chi connectivity index (χ4n) is 1.58. The Hall–Kier alpha value is -2.36. The second-order valence-electron chi connectivity index (χ2n) is 5.69. The van der Waals surface area contributed by atoms with Crippen molar-refractivity contribution in [2.75, 3.05) is 6.61 Å². The molecule has 0 saturated carbocycles. The lowest BCUT2D eigenvalue weighted by atomic mass is 10.2. The van der Waals surface area contributed by atoms with E-state index in [4.69, 9.17) is 14.6 Å². The number of aliphatic carboxylic acids is 1. The van der Waals surface area contributed by atoms with E-state index in [1.165, 1.54) is 18.2 Å². The van der Waals surface area contributed by atoms with E-state index in [9.17, 15) is 19.7 Å². The van der Waals surface area contributed by atoms with Gasteiger partial charge in [-0.1, -0.05) is 6.07 Å². The Morgan fingerprint density at radius 2 is 2.04 bits per heavy atom. The van der Waals surface area contributed by atoms with Crippen molar-refractivity contribution in [2.45, 2.75) is 32.4 Å². The SMILES string of the molecule is CC(C)(C)OC(=O)N[C@@H](COc1c(Br)cccc1[N+](=O)[O-])C(=O)O. The molecule has 0 unspecified atom stereocenters. The number of hydrogen-bond acceptors (Lipinski definition) is 6. The molecule has 132 valence electrons. The van der Waals surface area contributed by atoms with Gasteiger partial charge >= 0.3 is 17.7 Å². The van der Waals surface area contributed by atoms with Crippen LogP contribution >= 0.6 is 15.9 Å². The van der Waals surface area contributed by atoms with Crippen molar-refractivity contribution >= 4 is 33.7 Å². The summed E-state index contributed by atoms with van der Waals surface area (Å²) in [4.78, 5) is 33.2. The van der Waals surface area contributed by atoms with Crippen LogP contribution < -0.4 is 10.1 Å². The number of para-hydroxylation sites is 1. The number of halogens is 1. The number of nitro groups is 1. The highest BCUT2D eigenvalue weighted by atomic mass is 79.9. The maximum Gasteiger partial charge on any atom is 0.408 e. The molecule has 0 aliphatic rings. The predicted octanol–water partition coefficient (Wildman–Crippen LogP) is 2.71. The maximum atomic E-state index is 11.7. The molecule has 10 heteroatoms. The quantitative estimate of drug-likeness (QED) is 0.550. The molecule has 0 fully saturated rings. The molecule has 0 saturated heterocycles. The summed E-state index contributed by atoms with van der Waals surface area (Å²) in [5.74, 6) is -1.49. The first-order valence-electron chi connectivity index (χ1n) is 6.79. The van der Waals surface area contributed by atoms with Crippen LogP contribution in [0.15, 0.2) is 22.7 Å². The van der Waals surface area contributed by atoms with Crippen molar-refractivity contribution in [3.63, 3.8) is 0 Å². The van der Waals surface area contributed by atoms with Crippen LogP contribution in [-0.2, 0) is 9.53 Å². The molecule has 0 bridgehead atoms. The predicted molar refractivity (Wildman–Crippen MR) is 87.1 cm³/mol. The molecular weight excluding hydrogens is 388 g/mol. The van der Waals surface area contributed by atoms with Crippen LogP contribution in [0.3, 0.4) is 0 Å². The molecule has 0 radical (unpaired) electrons. The minimum atomic E-state index is -1.44. The fraction of sp³-hybridized carbons (Fsp3) is 0.429. The van der Waals surface area contributed by atoms with Gasteiger partial charge in [0.2, 0.25) is 5.75 Å². The van der Waals surface area contributed by atoms with Gasteiger partial charge in [-0.25, -0.2) is 9.59 Å². The van der Waals surface area contributed by atoms with E-state index < -0.39 is 35.2 Å². The molecule has 1 aromatic carbocycles. The lowest BCUT2D eigenvalue weighted by Gasteiger charge is -2.22. The van der Waals surface area contributed by atoms with E-state index in [1.807, 2.05) is 0 Å². The third-order valence-corrected chi connectivity index (χ3v) is 3.15. The number of carbonyl (C=O) groups excluding carboxylic acids is 1. The average Bonchev–Trinajstić information content (AvgIpc) is 2.41. The number of benzene rings is 1. The van der Waals surface area contributed by atoms with Gasteiger partial charge in [-0.15, -0.1) is 0 Å². The van der Waals surface area contributed by atoms with Crippen LogP contribution in [-0.4, -0.2) is 40.3 Å². The normalized spacial score (nSPS) is 12.2. The second-order valence-corrected chi connectivity index (χ2v) is 6.55. The molecule has 9 nitrogen and oxygen atoms in total. The van der Waals surface area contributed by atoms with Crippen molar-refractivity contribution in [1.29, 1.82) is 0 Å². The largest absolute Gasteiger partial charge is 0.483 e. The molecule has 1 rings (SSSR count). The van der Waals surface area contributed by atoms with Crippen molar-refractivity contribution in [3.8, 4) is 5.75 Å². The van der Waals surface area contributed by atoms with Gasteiger partial charge < -0.3 is 19.9 Å². The Labute approximate surface area is 146 Å². The number of nitrogens with one attached hydrogen (secondary N) is 1. The van der Waals surface area contributed by atoms with Gasteiger partial charge in [-0.2, -0.15) is 0 Å². The molecule has 0 aliphatic carbocycles. The molecule has 2 N–H and O–H groups in total. The van der Waals surface area contributed by atoms with Gasteiger partial charge in [0.1, 0.15) is 12.2 Å². The number of amides is 1. The Morgan fingerprint density at radius 1 is 1.42 bits per heavy atom. The number of ether oxygens (including phenoxy) is 2. The lowest BCUT2D eigenvalue weighted by molar-refractivity contribution is -0.386. The van der Waals surface area contributed by atoms with Crippen molar-refractivity contribution in [1.82, 2.24) is 5.32 Å². The van der Waals surface area contributed by atoms with Crippen LogP contribution in [0, 0.1) is 10.1 Å². The number of carboxylic acids is 1. The van der Waals surface area contributed by atoms with E-state index in [1.54, 1.807) is 20.8 Å². The average molecular weight is 405 g/mol. The van der Waals surface area contributed by atoms with Gasteiger partial charge in [0.05, 0.1) is 9.40 Å². The van der Waals surface area contributed by atoms with Gasteiger partial charge in [0, 0.05) is 6.07 Å². The Balaban J connectivity index is 2.84. The van der Waals surface area contributed by atoms with Crippen molar-refractivity contribution < 1.29 is 29.1 Å². The van der Waals surface area contributed by atoms with Crippen LogP contribution in [0.25, 0.3) is 0 Å². The summed E-state index contributed by atoms with van der Waals surface area (Å²) >= 11 is 3.10. The van der Waals surface area contributed by atoms with Gasteiger partial charge in [0.25, 0.3) is 0 Å². The molecule has 1 atom stereocenters. The highest BCUT2D eigenvalue weighted by molar-refractivity contribution is 9.10. The fourth-order valence-corrected chi connectivity index (χ4v) is 2.05. The third kappa shape index (κ3) is 6.03. The van der Waals surface area contributed by atoms with E-state index in [0.29, 0.717) is 0 Å². The van der Waals surface area contributed by atoms with Crippen LogP contribution in [0.4, 0.5) is 10.5 Å². The number of nitrogens with zero attached hydrogens (tertiary/aromatic N) is 1. The van der Waals surface area contributed by atoms with E-state index in [-0.39, 0.29) is 15.9 Å². The van der Waals surface area contributed by atoms with E-state index in [0.717, 1.165) is 0 Å². The number of hydrogen-bond donors (Lipinski definition) is 2. The summed E-state index contributed by atoms with van der Waals surface area (Å²) in [5, 5.41) is 22.3. The summed E-state index contributed by atoms with van der Waals surface area (Å²) < 4.78 is 10.5. The molecular formula is C14H17BrN2O7.